The van der Waals surface area contributed by atoms with E-state index in [-0.39, 0.29) is 24.0 Å². The number of hydrogen-bond donors (Lipinski definition) is 1. The molecule has 4 heteroatoms. The van der Waals surface area contributed by atoms with Gasteiger partial charge in [0.25, 0.3) is 0 Å². The van der Waals surface area contributed by atoms with E-state index in [9.17, 15) is 9.59 Å². The van der Waals surface area contributed by atoms with Crippen molar-refractivity contribution in [2.75, 3.05) is 0 Å². The molecule has 4 nitrogen and oxygen atoms in total. The number of carbonyl (C=O) groups excluding carboxylic acids is 2. The van der Waals surface area contributed by atoms with Gasteiger partial charge in [0.05, 0.1) is 12.1 Å². The summed E-state index contributed by atoms with van der Waals surface area (Å²) in [6.45, 7) is 3.90. The van der Waals surface area contributed by atoms with E-state index < -0.39 is 0 Å². The minimum atomic E-state index is -0.390. The van der Waals surface area contributed by atoms with Crippen LogP contribution in [-0.4, -0.2) is 16.1 Å². The summed E-state index contributed by atoms with van der Waals surface area (Å²) in [4.78, 5) is 23.5. The van der Waals surface area contributed by atoms with Crippen LogP contribution in [0.3, 0.4) is 0 Å². The minimum absolute atomic E-state index is 0.0280. The fourth-order valence-corrected chi connectivity index (χ4v) is 2.18. The summed E-state index contributed by atoms with van der Waals surface area (Å²) in [6, 6.07) is 7.44. The molecule has 0 saturated carbocycles. The van der Waals surface area contributed by atoms with Gasteiger partial charge in [-0.25, -0.2) is 0 Å². The van der Waals surface area contributed by atoms with E-state index in [0.29, 0.717) is 5.69 Å². The number of pyridine rings is 1. The fourth-order valence-electron chi connectivity index (χ4n) is 2.18. The number of primary amides is 1. The summed E-state index contributed by atoms with van der Waals surface area (Å²) in [5.41, 5.74) is 7.55. The smallest absolute Gasteiger partial charge is 0.221 e. The lowest BCUT2D eigenvalue weighted by Gasteiger charge is -2.07. The van der Waals surface area contributed by atoms with Crippen LogP contribution in [0.4, 0.5) is 0 Å². The van der Waals surface area contributed by atoms with Gasteiger partial charge in [0.15, 0.2) is 5.78 Å². The molecule has 2 heterocycles. The number of carbonyl (C=O) groups is 2. The summed E-state index contributed by atoms with van der Waals surface area (Å²) in [7, 11) is 0. The van der Waals surface area contributed by atoms with E-state index in [4.69, 9.17) is 5.73 Å². The van der Waals surface area contributed by atoms with Gasteiger partial charge in [-0.1, -0.05) is 19.9 Å². The molecule has 2 N–H and O–H groups in total. The topological polar surface area (TPSA) is 64.6 Å². The van der Waals surface area contributed by atoms with Crippen LogP contribution in [0.15, 0.2) is 30.5 Å². The number of hydrogen-bond acceptors (Lipinski definition) is 2. The van der Waals surface area contributed by atoms with Crippen molar-refractivity contribution in [1.29, 1.82) is 0 Å². The van der Waals surface area contributed by atoms with Crippen LogP contribution in [0, 0.1) is 5.92 Å². The predicted octanol–water partition coefficient (Wildman–Crippen LogP) is 2.20. The van der Waals surface area contributed by atoms with Crippen molar-refractivity contribution in [2.45, 2.75) is 26.7 Å². The summed E-state index contributed by atoms with van der Waals surface area (Å²) >= 11 is 0. The van der Waals surface area contributed by atoms with E-state index in [2.05, 4.69) is 0 Å². The van der Waals surface area contributed by atoms with Gasteiger partial charge in [-0.15, -0.1) is 0 Å². The largest absolute Gasteiger partial charge is 0.369 e. The molecule has 1 unspecified atom stereocenters. The third kappa shape index (κ3) is 2.52. The first-order valence-electron chi connectivity index (χ1n) is 6.46. The zero-order chi connectivity index (χ0) is 14.0. The first-order chi connectivity index (χ1) is 9.04. The molecular weight excluding hydrogens is 240 g/mol. The monoisotopic (exact) mass is 258 g/mol. The van der Waals surface area contributed by atoms with Crippen molar-refractivity contribution < 1.29 is 9.59 Å². The molecule has 0 spiro atoms. The van der Waals surface area contributed by atoms with Gasteiger partial charge in [0, 0.05) is 17.6 Å². The van der Waals surface area contributed by atoms with Crippen molar-refractivity contribution in [3.05, 3.63) is 41.7 Å². The number of aromatic nitrogens is 1. The lowest BCUT2D eigenvalue weighted by Crippen LogP contribution is -2.13. The van der Waals surface area contributed by atoms with E-state index in [0.717, 1.165) is 17.5 Å². The van der Waals surface area contributed by atoms with Crippen molar-refractivity contribution >= 4 is 17.2 Å². The highest BCUT2D eigenvalue weighted by Crippen LogP contribution is 2.21. The van der Waals surface area contributed by atoms with Crippen molar-refractivity contribution in [3.8, 4) is 0 Å². The number of amides is 1. The van der Waals surface area contributed by atoms with Crippen LogP contribution in [0.1, 0.15) is 36.3 Å². The Hall–Kier alpha value is -2.10. The molecule has 2 rings (SSSR count). The molecule has 100 valence electrons. The van der Waals surface area contributed by atoms with Crippen molar-refractivity contribution in [1.82, 2.24) is 4.40 Å². The number of ketones is 1. The molecule has 0 aliphatic heterocycles. The highest BCUT2D eigenvalue weighted by atomic mass is 16.1. The SMILES string of the molecule is CCC(C)C(=O)c1cc(CC(N)=O)c2ccccn12. The number of rotatable bonds is 5. The summed E-state index contributed by atoms with van der Waals surface area (Å²) in [6.07, 6.45) is 2.79. The Morgan fingerprint density at radius 1 is 1.37 bits per heavy atom. The van der Waals surface area contributed by atoms with Gasteiger partial charge in [-0.2, -0.15) is 0 Å². The summed E-state index contributed by atoms with van der Waals surface area (Å²) < 4.78 is 1.84. The van der Waals surface area contributed by atoms with E-state index in [1.54, 1.807) is 6.07 Å². The van der Waals surface area contributed by atoms with Gasteiger partial charge < -0.3 is 10.1 Å². The second kappa shape index (κ2) is 5.26. The Kier molecular flexibility index (Phi) is 3.69. The Labute approximate surface area is 112 Å². The molecule has 0 bridgehead atoms. The fraction of sp³-hybridized carbons (Fsp3) is 0.333. The van der Waals surface area contributed by atoms with Crippen LogP contribution < -0.4 is 5.73 Å². The summed E-state index contributed by atoms with van der Waals surface area (Å²) in [5.74, 6) is -0.321. The molecule has 0 radical (unpaired) electrons. The minimum Gasteiger partial charge on any atom is -0.369 e. The van der Waals surface area contributed by atoms with Gasteiger partial charge in [-0.05, 0) is 30.2 Å². The summed E-state index contributed by atoms with van der Waals surface area (Å²) in [5, 5.41) is 0. The maximum Gasteiger partial charge on any atom is 0.221 e. The highest BCUT2D eigenvalue weighted by molar-refractivity contribution is 5.98. The van der Waals surface area contributed by atoms with Crippen LogP contribution in [-0.2, 0) is 11.2 Å². The third-order valence-electron chi connectivity index (χ3n) is 3.44. The molecule has 0 fully saturated rings. The maximum atomic E-state index is 12.4. The van der Waals surface area contributed by atoms with Gasteiger partial charge in [0.2, 0.25) is 5.91 Å². The van der Waals surface area contributed by atoms with Gasteiger partial charge in [-0.3, -0.25) is 9.59 Å². The van der Waals surface area contributed by atoms with Crippen LogP contribution in [0.5, 0.6) is 0 Å². The average molecular weight is 258 g/mol. The zero-order valence-corrected chi connectivity index (χ0v) is 11.2. The lowest BCUT2D eigenvalue weighted by molar-refractivity contribution is -0.117. The molecule has 19 heavy (non-hydrogen) atoms. The predicted molar refractivity (Wildman–Crippen MR) is 74.1 cm³/mol. The Morgan fingerprint density at radius 2 is 2.11 bits per heavy atom. The molecular formula is C15H18N2O2. The molecule has 0 aromatic carbocycles. The van der Waals surface area contributed by atoms with Gasteiger partial charge >= 0.3 is 0 Å². The molecule has 1 amide bonds. The molecule has 0 aliphatic carbocycles. The first-order valence-corrected chi connectivity index (χ1v) is 6.46. The zero-order valence-electron chi connectivity index (χ0n) is 11.2. The van der Waals surface area contributed by atoms with E-state index in [1.807, 2.05) is 42.6 Å². The second-order valence-corrected chi connectivity index (χ2v) is 4.83. The molecule has 2 aromatic heterocycles. The number of nitrogens with zero attached hydrogens (tertiary/aromatic N) is 1. The number of fused-ring (bicyclic) bond motifs is 1. The van der Waals surface area contributed by atoms with Crippen molar-refractivity contribution in [2.24, 2.45) is 11.7 Å². The lowest BCUT2D eigenvalue weighted by atomic mass is 10.0. The third-order valence-corrected chi connectivity index (χ3v) is 3.44. The number of Topliss-reactive ketones (excluding diaryl/α,β-unsaturated/α-hetero) is 1. The highest BCUT2D eigenvalue weighted by Gasteiger charge is 2.19. The Morgan fingerprint density at radius 3 is 2.74 bits per heavy atom. The molecule has 1 atom stereocenters. The normalized spacial score (nSPS) is 12.5. The van der Waals surface area contributed by atoms with Crippen LogP contribution >= 0.6 is 0 Å². The molecule has 2 aromatic rings. The molecule has 0 saturated heterocycles. The van der Waals surface area contributed by atoms with Crippen LogP contribution in [0.2, 0.25) is 0 Å². The number of nitrogens with two attached hydrogens (primary N) is 1. The van der Waals surface area contributed by atoms with Crippen LogP contribution in [0.25, 0.3) is 5.52 Å². The molecule has 0 aliphatic rings. The van der Waals surface area contributed by atoms with E-state index >= 15 is 0 Å². The second-order valence-electron chi connectivity index (χ2n) is 4.83. The van der Waals surface area contributed by atoms with E-state index in [1.165, 1.54) is 0 Å². The average Bonchev–Trinajstić information content (AvgIpc) is 2.75. The standard InChI is InChI=1S/C15H18N2O2/c1-3-10(2)15(19)13-8-11(9-14(16)18)12-6-4-5-7-17(12)13/h4-8,10H,3,9H2,1-2H3,(H2,16,18). The van der Waals surface area contributed by atoms with Crippen molar-refractivity contribution in [3.63, 3.8) is 0 Å². The maximum absolute atomic E-state index is 12.4. The van der Waals surface area contributed by atoms with Gasteiger partial charge in [0.1, 0.15) is 0 Å². The Balaban J connectivity index is 2.56. The quantitative estimate of drug-likeness (QED) is 0.835. The first kappa shape index (κ1) is 13.3. The Bertz CT molecular complexity index is 628.